The summed E-state index contributed by atoms with van der Waals surface area (Å²) < 4.78 is 5.39. The Morgan fingerprint density at radius 3 is 2.49 bits per heavy atom. The molecule has 1 saturated heterocycles. The van der Waals surface area contributed by atoms with E-state index in [9.17, 15) is 30.2 Å². The van der Waals surface area contributed by atoms with Crippen LogP contribution in [0.15, 0.2) is 54.1 Å². The van der Waals surface area contributed by atoms with Crippen molar-refractivity contribution in [1.29, 1.82) is 10.5 Å². The monoisotopic (exact) mass is 528 g/mol. The molecular weight excluding hydrogens is 495 g/mol. The van der Waals surface area contributed by atoms with Crippen molar-refractivity contribution in [2.45, 2.75) is 51.0 Å². The minimum Gasteiger partial charge on any atom is -0.426 e. The minimum absolute atomic E-state index is 0.00988. The average molecular weight is 528 g/mol. The van der Waals surface area contributed by atoms with Gasteiger partial charge in [0.2, 0.25) is 5.91 Å². The maximum atomic E-state index is 13.2. The zero-order valence-electron chi connectivity index (χ0n) is 22.0. The molecule has 0 aliphatic carbocycles. The zero-order valence-corrected chi connectivity index (χ0v) is 22.0. The first-order valence-corrected chi connectivity index (χ1v) is 13.1. The number of carbonyl (C=O) groups is 2. The SMILES string of the molecule is CCN(C(=O)C(C#N)=Cc1cc(C#N)cc(CCC(=O)N[C@@H](Cc2ccccc2)B(O)O)c1)C1CCOCC1. The van der Waals surface area contributed by atoms with E-state index in [0.717, 1.165) is 5.56 Å². The Kier molecular flexibility index (Phi) is 11.3. The van der Waals surface area contributed by atoms with Crippen LogP contribution in [0.4, 0.5) is 0 Å². The van der Waals surface area contributed by atoms with Crippen LogP contribution >= 0.6 is 0 Å². The molecule has 202 valence electrons. The van der Waals surface area contributed by atoms with Crippen LogP contribution in [0.1, 0.15) is 48.4 Å². The molecule has 3 N–H and O–H groups in total. The third kappa shape index (κ3) is 8.80. The summed E-state index contributed by atoms with van der Waals surface area (Å²) in [6, 6.07) is 18.3. The van der Waals surface area contributed by atoms with Crippen molar-refractivity contribution in [1.82, 2.24) is 10.2 Å². The third-order valence-corrected chi connectivity index (χ3v) is 6.68. The maximum absolute atomic E-state index is 13.2. The van der Waals surface area contributed by atoms with Gasteiger partial charge in [-0.15, -0.1) is 0 Å². The highest BCUT2D eigenvalue weighted by molar-refractivity contribution is 6.43. The molecule has 0 saturated carbocycles. The van der Waals surface area contributed by atoms with E-state index in [-0.39, 0.29) is 42.7 Å². The predicted octanol–water partition coefficient (Wildman–Crippen LogP) is 2.16. The standard InChI is InChI=1S/C29H33BN4O5/c1-2-34(26-10-12-39-13-11-26)29(36)25(20-32)17-23-14-22(15-24(16-23)19-31)8-9-28(35)33-27(30(37)38)18-21-6-4-3-5-7-21/h3-7,14-17,26-27,37-38H,2,8-13,18H2,1H3,(H,33,35)/t27-/m0/s1. The lowest BCUT2D eigenvalue weighted by atomic mass is 9.76. The number of amides is 2. The van der Waals surface area contributed by atoms with Gasteiger partial charge in [-0.3, -0.25) is 9.59 Å². The molecule has 0 bridgehead atoms. The summed E-state index contributed by atoms with van der Waals surface area (Å²) in [6.45, 7) is 3.49. The summed E-state index contributed by atoms with van der Waals surface area (Å²) in [6.07, 6.45) is 3.50. The van der Waals surface area contributed by atoms with E-state index in [4.69, 9.17) is 4.74 Å². The summed E-state index contributed by atoms with van der Waals surface area (Å²) >= 11 is 0. The van der Waals surface area contributed by atoms with Gasteiger partial charge in [0.1, 0.15) is 11.6 Å². The number of likely N-dealkylation sites (N-methyl/N-ethyl adjacent to an activating group) is 1. The summed E-state index contributed by atoms with van der Waals surface area (Å²) in [4.78, 5) is 27.5. The maximum Gasteiger partial charge on any atom is 0.475 e. The lowest BCUT2D eigenvalue weighted by molar-refractivity contribution is -0.130. The quantitative estimate of drug-likeness (QED) is 0.230. The van der Waals surface area contributed by atoms with Crippen LogP contribution in [0.2, 0.25) is 0 Å². The van der Waals surface area contributed by atoms with Gasteiger partial charge in [-0.05, 0) is 67.5 Å². The van der Waals surface area contributed by atoms with Crippen LogP contribution in [0.25, 0.3) is 6.08 Å². The smallest absolute Gasteiger partial charge is 0.426 e. The van der Waals surface area contributed by atoms with Crippen LogP contribution in [0, 0.1) is 22.7 Å². The molecular formula is C29H33BN4O5. The van der Waals surface area contributed by atoms with E-state index in [1.165, 1.54) is 6.08 Å². The summed E-state index contributed by atoms with van der Waals surface area (Å²) in [5, 5.41) is 41.4. The van der Waals surface area contributed by atoms with E-state index in [1.54, 1.807) is 23.1 Å². The molecule has 0 spiro atoms. The van der Waals surface area contributed by atoms with Gasteiger partial charge in [0.05, 0.1) is 17.6 Å². The molecule has 3 rings (SSSR count). The van der Waals surface area contributed by atoms with Crippen molar-refractivity contribution < 1.29 is 24.4 Å². The Labute approximate surface area is 229 Å². The number of hydrogen-bond acceptors (Lipinski definition) is 7. The molecule has 1 aliphatic heterocycles. The second-order valence-corrected chi connectivity index (χ2v) is 9.46. The van der Waals surface area contributed by atoms with Gasteiger partial charge in [-0.25, -0.2) is 0 Å². The fourth-order valence-electron chi connectivity index (χ4n) is 4.67. The molecule has 1 atom stereocenters. The predicted molar refractivity (Wildman–Crippen MR) is 147 cm³/mol. The van der Waals surface area contributed by atoms with E-state index in [1.807, 2.05) is 43.3 Å². The van der Waals surface area contributed by atoms with Crippen molar-refractivity contribution in [2.75, 3.05) is 19.8 Å². The van der Waals surface area contributed by atoms with Gasteiger partial charge in [-0.1, -0.05) is 36.4 Å². The van der Waals surface area contributed by atoms with Gasteiger partial charge in [-0.2, -0.15) is 10.5 Å². The normalized spacial score (nSPS) is 14.5. The van der Waals surface area contributed by atoms with E-state index < -0.39 is 13.1 Å². The second-order valence-electron chi connectivity index (χ2n) is 9.46. The molecule has 39 heavy (non-hydrogen) atoms. The third-order valence-electron chi connectivity index (χ3n) is 6.68. The van der Waals surface area contributed by atoms with E-state index >= 15 is 0 Å². The Hall–Kier alpha value is -3.96. The Morgan fingerprint density at radius 1 is 1.15 bits per heavy atom. The van der Waals surface area contributed by atoms with Crippen molar-refractivity contribution in [2.24, 2.45) is 0 Å². The number of carbonyl (C=O) groups excluding carboxylic acids is 2. The zero-order chi connectivity index (χ0) is 28.2. The number of nitrogens with zero attached hydrogens (tertiary/aromatic N) is 3. The van der Waals surface area contributed by atoms with Gasteiger partial charge >= 0.3 is 7.12 Å². The lowest BCUT2D eigenvalue weighted by Gasteiger charge is -2.33. The number of aryl methyl sites for hydroxylation is 1. The number of benzene rings is 2. The van der Waals surface area contributed by atoms with Crippen LogP contribution in [0.5, 0.6) is 0 Å². The summed E-state index contributed by atoms with van der Waals surface area (Å²) in [5.74, 6) is -1.60. The molecule has 2 aromatic rings. The molecule has 10 heteroatoms. The summed E-state index contributed by atoms with van der Waals surface area (Å²) in [5.41, 5.74) is 2.37. The topological polar surface area (TPSA) is 147 Å². The van der Waals surface area contributed by atoms with Crippen molar-refractivity contribution >= 4 is 25.0 Å². The molecule has 0 radical (unpaired) electrons. The van der Waals surface area contributed by atoms with Crippen molar-refractivity contribution in [3.8, 4) is 12.1 Å². The van der Waals surface area contributed by atoms with Gasteiger partial charge in [0.15, 0.2) is 0 Å². The average Bonchev–Trinajstić information content (AvgIpc) is 2.95. The van der Waals surface area contributed by atoms with Gasteiger partial charge < -0.3 is 25.0 Å². The Morgan fingerprint density at radius 2 is 1.87 bits per heavy atom. The molecule has 1 fully saturated rings. The number of rotatable bonds is 11. The molecule has 0 unspecified atom stereocenters. The summed E-state index contributed by atoms with van der Waals surface area (Å²) in [7, 11) is -1.72. The van der Waals surface area contributed by atoms with Gasteiger partial charge in [0.25, 0.3) is 5.91 Å². The first kappa shape index (κ1) is 29.6. The molecule has 2 aromatic carbocycles. The lowest BCUT2D eigenvalue weighted by Crippen LogP contribution is -2.47. The fourth-order valence-corrected chi connectivity index (χ4v) is 4.67. The first-order valence-electron chi connectivity index (χ1n) is 13.1. The molecule has 2 amide bonds. The van der Waals surface area contributed by atoms with Crippen LogP contribution in [-0.2, 0) is 27.2 Å². The minimum atomic E-state index is -1.72. The van der Waals surface area contributed by atoms with Crippen LogP contribution < -0.4 is 5.32 Å². The highest BCUT2D eigenvalue weighted by Gasteiger charge is 2.27. The largest absolute Gasteiger partial charge is 0.475 e. The Balaban J connectivity index is 1.71. The van der Waals surface area contributed by atoms with E-state index in [0.29, 0.717) is 49.3 Å². The Bertz CT molecular complexity index is 1250. The van der Waals surface area contributed by atoms with E-state index in [2.05, 4.69) is 11.4 Å². The second kappa shape index (κ2) is 14.8. The highest BCUT2D eigenvalue weighted by Crippen LogP contribution is 2.20. The molecule has 1 aliphatic rings. The highest BCUT2D eigenvalue weighted by atomic mass is 16.5. The number of nitriles is 2. The van der Waals surface area contributed by atoms with Gasteiger partial charge in [0, 0.05) is 32.2 Å². The van der Waals surface area contributed by atoms with Crippen molar-refractivity contribution in [3.05, 3.63) is 76.4 Å². The first-order chi connectivity index (χ1) is 18.8. The van der Waals surface area contributed by atoms with Crippen LogP contribution in [0.3, 0.4) is 0 Å². The number of ether oxygens (including phenoxy) is 1. The van der Waals surface area contributed by atoms with Crippen LogP contribution in [-0.4, -0.2) is 65.6 Å². The molecule has 9 nitrogen and oxygen atoms in total. The molecule has 0 aromatic heterocycles. The van der Waals surface area contributed by atoms with Crippen molar-refractivity contribution in [3.63, 3.8) is 0 Å². The fraction of sp³-hybridized carbons (Fsp3) is 0.379. The number of hydrogen-bond donors (Lipinski definition) is 3. The molecule has 1 heterocycles. The number of nitrogens with one attached hydrogen (secondary N) is 1.